The van der Waals surface area contributed by atoms with Gasteiger partial charge in [-0.15, -0.1) is 0 Å². The van der Waals surface area contributed by atoms with Crippen molar-refractivity contribution in [2.24, 2.45) is 0 Å². The highest BCUT2D eigenvalue weighted by molar-refractivity contribution is 4.96. The molecule has 1 unspecified atom stereocenters. The van der Waals surface area contributed by atoms with Crippen molar-refractivity contribution >= 4 is 0 Å². The lowest BCUT2D eigenvalue weighted by molar-refractivity contribution is 0.0776. The Morgan fingerprint density at radius 1 is 1.30 bits per heavy atom. The smallest absolute Gasteiger partial charge is 0.250 e. The number of rotatable bonds is 5. The van der Waals surface area contributed by atoms with Crippen LogP contribution in [-0.4, -0.2) is 40.7 Å². The average Bonchev–Trinajstić information content (AvgIpc) is 2.48. The topological polar surface area (TPSA) is 37.3 Å². The Morgan fingerprint density at radius 2 is 2.05 bits per heavy atom. The molecule has 4 nitrogen and oxygen atoms in total. The van der Waals surface area contributed by atoms with Crippen molar-refractivity contribution in [2.45, 2.75) is 51.7 Å². The third-order valence-corrected chi connectivity index (χ3v) is 4.78. The molecule has 1 aliphatic heterocycles. The Balaban J connectivity index is 2.00. The Bertz CT molecular complexity index is 479. The van der Waals surface area contributed by atoms with Crippen molar-refractivity contribution in [3.05, 3.63) is 34.7 Å². The lowest BCUT2D eigenvalue weighted by Gasteiger charge is -2.46. The van der Waals surface area contributed by atoms with E-state index in [2.05, 4.69) is 31.0 Å². The van der Waals surface area contributed by atoms with Crippen LogP contribution in [0, 0.1) is 0 Å². The van der Waals surface area contributed by atoms with Gasteiger partial charge in [0.05, 0.1) is 0 Å². The number of hydrogen-bond acceptors (Lipinski definition) is 3. The lowest BCUT2D eigenvalue weighted by atomic mass is 9.89. The van der Waals surface area contributed by atoms with E-state index < -0.39 is 0 Å². The SMILES string of the molecule is CCC1(CC)CN(CCn2ccccc2=O)C(C)CN1. The molecule has 4 heteroatoms. The summed E-state index contributed by atoms with van der Waals surface area (Å²) in [5, 5.41) is 3.71. The van der Waals surface area contributed by atoms with Gasteiger partial charge in [0, 0.05) is 50.0 Å². The second-order valence-corrected chi connectivity index (χ2v) is 5.92. The van der Waals surface area contributed by atoms with Crippen molar-refractivity contribution in [1.29, 1.82) is 0 Å². The molecular formula is C16H27N3O. The summed E-state index contributed by atoms with van der Waals surface area (Å²) in [6.07, 6.45) is 4.18. The molecule has 1 fully saturated rings. The van der Waals surface area contributed by atoms with Gasteiger partial charge >= 0.3 is 0 Å². The Kier molecular flexibility index (Phi) is 5.00. The van der Waals surface area contributed by atoms with Gasteiger partial charge in [0.2, 0.25) is 0 Å². The molecule has 0 radical (unpaired) electrons. The molecule has 0 saturated carbocycles. The number of hydrogen-bond donors (Lipinski definition) is 1. The van der Waals surface area contributed by atoms with E-state index >= 15 is 0 Å². The van der Waals surface area contributed by atoms with E-state index in [-0.39, 0.29) is 11.1 Å². The summed E-state index contributed by atoms with van der Waals surface area (Å²) in [6, 6.07) is 5.88. The molecule has 0 aromatic carbocycles. The number of aromatic nitrogens is 1. The van der Waals surface area contributed by atoms with E-state index in [4.69, 9.17) is 0 Å². The summed E-state index contributed by atoms with van der Waals surface area (Å²) < 4.78 is 1.80. The molecule has 0 spiro atoms. The van der Waals surface area contributed by atoms with Crippen LogP contribution in [0.25, 0.3) is 0 Å². The van der Waals surface area contributed by atoms with E-state index in [9.17, 15) is 4.79 Å². The van der Waals surface area contributed by atoms with Crippen molar-refractivity contribution in [1.82, 2.24) is 14.8 Å². The predicted molar refractivity (Wildman–Crippen MR) is 83.1 cm³/mol. The predicted octanol–water partition coefficient (Wildman–Crippen LogP) is 1.70. The summed E-state index contributed by atoms with van der Waals surface area (Å²) in [5.74, 6) is 0. The quantitative estimate of drug-likeness (QED) is 0.890. The maximum Gasteiger partial charge on any atom is 0.250 e. The summed E-state index contributed by atoms with van der Waals surface area (Å²) in [7, 11) is 0. The van der Waals surface area contributed by atoms with Crippen molar-refractivity contribution in [2.75, 3.05) is 19.6 Å². The Hall–Kier alpha value is -1.13. The van der Waals surface area contributed by atoms with Crippen LogP contribution < -0.4 is 10.9 Å². The second-order valence-electron chi connectivity index (χ2n) is 5.92. The zero-order valence-corrected chi connectivity index (χ0v) is 12.9. The first-order valence-corrected chi connectivity index (χ1v) is 7.75. The summed E-state index contributed by atoms with van der Waals surface area (Å²) in [4.78, 5) is 14.3. The first-order chi connectivity index (χ1) is 9.60. The molecule has 1 N–H and O–H groups in total. The lowest BCUT2D eigenvalue weighted by Crippen LogP contribution is -2.63. The van der Waals surface area contributed by atoms with Gasteiger partial charge in [-0.25, -0.2) is 0 Å². The first kappa shape index (κ1) is 15.3. The first-order valence-electron chi connectivity index (χ1n) is 7.75. The molecule has 2 heterocycles. The summed E-state index contributed by atoms with van der Waals surface area (Å²) >= 11 is 0. The van der Waals surface area contributed by atoms with E-state index in [1.165, 1.54) is 0 Å². The van der Waals surface area contributed by atoms with Crippen LogP contribution in [0.3, 0.4) is 0 Å². The molecule has 0 bridgehead atoms. The highest BCUT2D eigenvalue weighted by atomic mass is 16.1. The third kappa shape index (κ3) is 3.30. The average molecular weight is 277 g/mol. The van der Waals surface area contributed by atoms with Crippen LogP contribution in [0.5, 0.6) is 0 Å². The highest BCUT2D eigenvalue weighted by Crippen LogP contribution is 2.22. The van der Waals surface area contributed by atoms with E-state index in [1.807, 2.05) is 12.3 Å². The molecular weight excluding hydrogens is 250 g/mol. The molecule has 1 aromatic rings. The van der Waals surface area contributed by atoms with Gasteiger partial charge in [0.1, 0.15) is 0 Å². The maximum atomic E-state index is 11.7. The fourth-order valence-electron chi connectivity index (χ4n) is 3.00. The van der Waals surface area contributed by atoms with E-state index in [1.54, 1.807) is 16.7 Å². The molecule has 2 rings (SSSR count). The number of pyridine rings is 1. The molecule has 112 valence electrons. The van der Waals surface area contributed by atoms with Gasteiger partial charge in [0.15, 0.2) is 0 Å². The third-order valence-electron chi connectivity index (χ3n) is 4.78. The largest absolute Gasteiger partial charge is 0.314 e. The van der Waals surface area contributed by atoms with Crippen LogP contribution in [0.15, 0.2) is 29.2 Å². The second kappa shape index (κ2) is 6.55. The fourth-order valence-corrected chi connectivity index (χ4v) is 3.00. The van der Waals surface area contributed by atoms with Gasteiger partial charge in [-0.2, -0.15) is 0 Å². The minimum absolute atomic E-state index is 0.0903. The molecule has 1 atom stereocenters. The van der Waals surface area contributed by atoms with Crippen molar-refractivity contribution in [3.63, 3.8) is 0 Å². The number of nitrogens with one attached hydrogen (secondary N) is 1. The van der Waals surface area contributed by atoms with Crippen LogP contribution in [0.4, 0.5) is 0 Å². The van der Waals surface area contributed by atoms with Crippen molar-refractivity contribution < 1.29 is 0 Å². The zero-order valence-electron chi connectivity index (χ0n) is 12.9. The van der Waals surface area contributed by atoms with Crippen LogP contribution in [-0.2, 0) is 6.54 Å². The number of piperazine rings is 1. The van der Waals surface area contributed by atoms with Crippen molar-refractivity contribution in [3.8, 4) is 0 Å². The molecule has 1 saturated heterocycles. The van der Waals surface area contributed by atoms with Crippen LogP contribution >= 0.6 is 0 Å². The summed E-state index contributed by atoms with van der Waals surface area (Å²) in [6.45, 7) is 10.6. The monoisotopic (exact) mass is 277 g/mol. The fraction of sp³-hybridized carbons (Fsp3) is 0.688. The minimum atomic E-state index is 0.0903. The number of nitrogens with zero attached hydrogens (tertiary/aromatic N) is 2. The van der Waals surface area contributed by atoms with E-state index in [0.717, 1.165) is 39.0 Å². The van der Waals surface area contributed by atoms with E-state index in [0.29, 0.717) is 6.04 Å². The molecule has 1 aromatic heterocycles. The Labute approximate surface area is 121 Å². The molecule has 20 heavy (non-hydrogen) atoms. The van der Waals surface area contributed by atoms with Crippen LogP contribution in [0.2, 0.25) is 0 Å². The molecule has 0 amide bonds. The minimum Gasteiger partial charge on any atom is -0.314 e. The Morgan fingerprint density at radius 3 is 2.70 bits per heavy atom. The normalized spacial score (nSPS) is 22.9. The van der Waals surface area contributed by atoms with Gasteiger partial charge < -0.3 is 9.88 Å². The molecule has 1 aliphatic rings. The standard InChI is InChI=1S/C16H27N3O/c1-4-16(5-2)13-19(14(3)12-17-16)11-10-18-9-7-6-8-15(18)20/h6-9,14,17H,4-5,10-13H2,1-3H3. The maximum absolute atomic E-state index is 11.7. The van der Waals surface area contributed by atoms with Gasteiger partial charge in [-0.3, -0.25) is 9.69 Å². The van der Waals surface area contributed by atoms with Gasteiger partial charge in [-0.05, 0) is 25.8 Å². The molecule has 0 aliphatic carbocycles. The summed E-state index contributed by atoms with van der Waals surface area (Å²) in [5.41, 5.74) is 0.335. The zero-order chi connectivity index (χ0) is 14.6. The van der Waals surface area contributed by atoms with Gasteiger partial charge in [-0.1, -0.05) is 19.9 Å². The van der Waals surface area contributed by atoms with Crippen LogP contribution in [0.1, 0.15) is 33.6 Å². The van der Waals surface area contributed by atoms with Gasteiger partial charge in [0.25, 0.3) is 5.56 Å². The highest BCUT2D eigenvalue weighted by Gasteiger charge is 2.34.